The summed E-state index contributed by atoms with van der Waals surface area (Å²) in [6.07, 6.45) is 0.799. The van der Waals surface area contributed by atoms with Gasteiger partial charge in [0.05, 0.1) is 10.4 Å². The molecule has 0 saturated heterocycles. The highest BCUT2D eigenvalue weighted by atomic mass is 32.1. The minimum Gasteiger partial charge on any atom is -0.392 e. The van der Waals surface area contributed by atoms with Crippen LogP contribution in [0.15, 0.2) is 0 Å². The van der Waals surface area contributed by atoms with E-state index in [0.717, 1.165) is 6.42 Å². The molecule has 4 nitrogen and oxygen atoms in total. The van der Waals surface area contributed by atoms with Crippen LogP contribution < -0.4 is 11.1 Å². The van der Waals surface area contributed by atoms with Crippen LogP contribution in [0.5, 0.6) is 0 Å². The van der Waals surface area contributed by atoms with Crippen LogP contribution in [0.1, 0.15) is 27.2 Å². The first-order chi connectivity index (χ1) is 6.92. The van der Waals surface area contributed by atoms with Crippen molar-refractivity contribution in [2.75, 3.05) is 19.8 Å². The third-order valence-corrected chi connectivity index (χ3v) is 2.65. The van der Waals surface area contributed by atoms with E-state index in [1.165, 1.54) is 0 Å². The summed E-state index contributed by atoms with van der Waals surface area (Å²) in [7, 11) is 0. The van der Waals surface area contributed by atoms with Gasteiger partial charge in [0.1, 0.15) is 0 Å². The van der Waals surface area contributed by atoms with Crippen molar-refractivity contribution in [3.63, 3.8) is 0 Å². The van der Waals surface area contributed by atoms with Crippen molar-refractivity contribution in [2.45, 2.75) is 27.2 Å². The second kappa shape index (κ2) is 6.74. The molecule has 5 heteroatoms. The summed E-state index contributed by atoms with van der Waals surface area (Å²) < 4.78 is 5.15. The van der Waals surface area contributed by atoms with Crippen molar-refractivity contribution in [3.8, 4) is 0 Å². The van der Waals surface area contributed by atoms with Crippen molar-refractivity contribution >= 4 is 23.1 Å². The molecule has 15 heavy (non-hydrogen) atoms. The number of carbonyl (C=O) groups excluding carboxylic acids is 1. The Labute approximate surface area is 96.5 Å². The van der Waals surface area contributed by atoms with E-state index < -0.39 is 5.41 Å². The molecule has 0 aromatic rings. The molecule has 0 spiro atoms. The van der Waals surface area contributed by atoms with E-state index in [4.69, 9.17) is 22.7 Å². The Morgan fingerprint density at radius 3 is 2.60 bits per heavy atom. The summed E-state index contributed by atoms with van der Waals surface area (Å²) in [4.78, 5) is 11.8. The predicted molar refractivity (Wildman–Crippen MR) is 64.7 cm³/mol. The molecule has 1 amide bonds. The van der Waals surface area contributed by atoms with Gasteiger partial charge in [-0.05, 0) is 27.2 Å². The van der Waals surface area contributed by atoms with Crippen molar-refractivity contribution in [1.82, 2.24) is 5.32 Å². The van der Waals surface area contributed by atoms with Crippen LogP contribution in [-0.2, 0) is 9.53 Å². The van der Waals surface area contributed by atoms with Crippen molar-refractivity contribution < 1.29 is 9.53 Å². The van der Waals surface area contributed by atoms with Gasteiger partial charge in [-0.15, -0.1) is 0 Å². The number of hydrogen-bond donors (Lipinski definition) is 2. The van der Waals surface area contributed by atoms with Gasteiger partial charge in [-0.1, -0.05) is 12.2 Å². The van der Waals surface area contributed by atoms with Gasteiger partial charge in [0.2, 0.25) is 5.91 Å². The molecule has 0 atom stereocenters. The molecule has 0 aliphatic rings. The molecule has 0 aliphatic carbocycles. The van der Waals surface area contributed by atoms with Crippen LogP contribution in [0.3, 0.4) is 0 Å². The molecule has 0 aromatic carbocycles. The molecule has 88 valence electrons. The van der Waals surface area contributed by atoms with E-state index in [2.05, 4.69) is 5.32 Å². The highest BCUT2D eigenvalue weighted by molar-refractivity contribution is 7.80. The van der Waals surface area contributed by atoms with E-state index in [1.54, 1.807) is 13.8 Å². The Kier molecular flexibility index (Phi) is 6.43. The monoisotopic (exact) mass is 232 g/mol. The lowest BCUT2D eigenvalue weighted by Gasteiger charge is -2.21. The zero-order valence-corrected chi connectivity index (χ0v) is 10.4. The summed E-state index contributed by atoms with van der Waals surface area (Å²) >= 11 is 4.82. The molecule has 0 saturated carbocycles. The number of hydrogen-bond acceptors (Lipinski definition) is 3. The maximum absolute atomic E-state index is 11.6. The zero-order valence-electron chi connectivity index (χ0n) is 9.63. The van der Waals surface area contributed by atoms with Gasteiger partial charge >= 0.3 is 0 Å². The van der Waals surface area contributed by atoms with Gasteiger partial charge in [-0.3, -0.25) is 4.79 Å². The number of rotatable bonds is 7. The van der Waals surface area contributed by atoms with Crippen molar-refractivity contribution in [1.29, 1.82) is 0 Å². The molecular weight excluding hydrogens is 212 g/mol. The molecule has 0 aliphatic heterocycles. The predicted octanol–water partition coefficient (Wildman–Crippen LogP) is 0.842. The van der Waals surface area contributed by atoms with Crippen LogP contribution >= 0.6 is 12.2 Å². The normalized spacial score (nSPS) is 11.1. The molecule has 0 aromatic heterocycles. The van der Waals surface area contributed by atoms with E-state index in [0.29, 0.717) is 19.8 Å². The van der Waals surface area contributed by atoms with Crippen LogP contribution in [0, 0.1) is 5.41 Å². The third-order valence-electron chi connectivity index (χ3n) is 2.14. The number of carbonyl (C=O) groups is 1. The number of nitrogens with two attached hydrogens (primary N) is 1. The second-order valence-electron chi connectivity index (χ2n) is 3.80. The Hall–Kier alpha value is -0.680. The first-order valence-corrected chi connectivity index (χ1v) is 5.49. The van der Waals surface area contributed by atoms with Crippen LogP contribution in [0.25, 0.3) is 0 Å². The molecule has 0 rings (SSSR count). The highest BCUT2D eigenvalue weighted by Crippen LogP contribution is 2.14. The summed E-state index contributed by atoms with van der Waals surface area (Å²) in [5.74, 6) is -0.133. The SMILES string of the molecule is CCOCCCNC(=O)C(C)(C)C(N)=S. The van der Waals surface area contributed by atoms with Crippen molar-refractivity contribution in [2.24, 2.45) is 11.1 Å². The Bertz CT molecular complexity index is 229. The molecule has 0 fully saturated rings. The third kappa shape index (κ3) is 5.09. The summed E-state index contributed by atoms with van der Waals surface area (Å²) in [6, 6.07) is 0. The maximum Gasteiger partial charge on any atom is 0.232 e. The van der Waals surface area contributed by atoms with Gasteiger partial charge in [0.15, 0.2) is 0 Å². The summed E-state index contributed by atoms with van der Waals surface area (Å²) in [6.45, 7) is 7.32. The fourth-order valence-corrected chi connectivity index (χ4v) is 0.946. The fraction of sp³-hybridized carbons (Fsp3) is 0.800. The van der Waals surface area contributed by atoms with Crippen molar-refractivity contribution in [3.05, 3.63) is 0 Å². The lowest BCUT2D eigenvalue weighted by Crippen LogP contribution is -2.45. The largest absolute Gasteiger partial charge is 0.392 e. The number of amides is 1. The van der Waals surface area contributed by atoms with Gasteiger partial charge in [-0.25, -0.2) is 0 Å². The lowest BCUT2D eigenvalue weighted by molar-refractivity contribution is -0.126. The minimum absolute atomic E-state index is 0.133. The van der Waals surface area contributed by atoms with E-state index in [-0.39, 0.29) is 10.9 Å². The standard InChI is InChI=1S/C10H20N2O2S/c1-4-14-7-5-6-12-9(13)10(2,3)8(11)15/h4-7H2,1-3H3,(H2,11,15)(H,12,13). The number of nitrogens with one attached hydrogen (secondary N) is 1. The van der Waals surface area contributed by atoms with Crippen LogP contribution in [0.2, 0.25) is 0 Å². The topological polar surface area (TPSA) is 64.3 Å². The molecule has 0 heterocycles. The molecule has 0 unspecified atom stereocenters. The Balaban J connectivity index is 3.79. The van der Waals surface area contributed by atoms with Crippen LogP contribution in [0.4, 0.5) is 0 Å². The summed E-state index contributed by atoms with van der Waals surface area (Å²) in [5.41, 5.74) is 4.69. The Morgan fingerprint density at radius 2 is 2.13 bits per heavy atom. The molecule has 0 radical (unpaired) electrons. The second-order valence-corrected chi connectivity index (χ2v) is 4.24. The highest BCUT2D eigenvalue weighted by Gasteiger charge is 2.30. The van der Waals surface area contributed by atoms with Gasteiger partial charge in [-0.2, -0.15) is 0 Å². The molecule has 0 bridgehead atoms. The lowest BCUT2D eigenvalue weighted by atomic mass is 9.92. The quantitative estimate of drug-likeness (QED) is 0.504. The van der Waals surface area contributed by atoms with Gasteiger partial charge in [0, 0.05) is 19.8 Å². The van der Waals surface area contributed by atoms with Gasteiger partial charge < -0.3 is 15.8 Å². The van der Waals surface area contributed by atoms with E-state index in [1.807, 2.05) is 6.92 Å². The smallest absolute Gasteiger partial charge is 0.232 e. The average molecular weight is 232 g/mol. The first kappa shape index (κ1) is 14.3. The zero-order chi connectivity index (χ0) is 11.9. The molecule has 3 N–H and O–H groups in total. The van der Waals surface area contributed by atoms with E-state index in [9.17, 15) is 4.79 Å². The minimum atomic E-state index is -0.777. The number of thiocarbonyl (C=S) groups is 1. The van der Waals surface area contributed by atoms with Gasteiger partial charge in [0.25, 0.3) is 0 Å². The molecular formula is C10H20N2O2S. The summed E-state index contributed by atoms with van der Waals surface area (Å²) in [5, 5.41) is 2.78. The van der Waals surface area contributed by atoms with Crippen LogP contribution in [-0.4, -0.2) is 30.7 Å². The average Bonchev–Trinajstić information content (AvgIpc) is 2.16. The fourth-order valence-electron chi connectivity index (χ4n) is 0.853. The first-order valence-electron chi connectivity index (χ1n) is 5.08. The Morgan fingerprint density at radius 1 is 1.53 bits per heavy atom. The van der Waals surface area contributed by atoms with E-state index >= 15 is 0 Å². The maximum atomic E-state index is 11.6. The number of ether oxygens (including phenoxy) is 1.